The van der Waals surface area contributed by atoms with Crippen molar-refractivity contribution in [2.45, 2.75) is 31.2 Å². The maximum Gasteiger partial charge on any atom is 0.231 e. The van der Waals surface area contributed by atoms with Crippen LogP contribution in [0.2, 0.25) is 0 Å². The third-order valence-electron chi connectivity index (χ3n) is 4.98. The Balaban J connectivity index is 1.66. The lowest BCUT2D eigenvalue weighted by atomic mass is 9.88. The summed E-state index contributed by atoms with van der Waals surface area (Å²) in [6.07, 6.45) is 5.36. The molecule has 4 rings (SSSR count). The fourth-order valence-corrected chi connectivity index (χ4v) is 3.82. The van der Waals surface area contributed by atoms with Crippen molar-refractivity contribution in [3.63, 3.8) is 0 Å². The van der Waals surface area contributed by atoms with Crippen LogP contribution in [0.4, 0.5) is 10.1 Å². The molecule has 128 valence electrons. The van der Waals surface area contributed by atoms with Crippen molar-refractivity contribution in [1.29, 1.82) is 0 Å². The molecule has 1 N–H and O–H groups in total. The molecular weight excluding hydrogens is 321 g/mol. The number of anilines is 1. The first-order chi connectivity index (χ1) is 12.1. The highest BCUT2D eigenvalue weighted by Gasteiger charge is 2.38. The van der Waals surface area contributed by atoms with Gasteiger partial charge in [-0.15, -0.1) is 0 Å². The Hall–Kier alpha value is -2.76. The van der Waals surface area contributed by atoms with Crippen molar-refractivity contribution in [2.75, 3.05) is 11.9 Å². The first kappa shape index (κ1) is 15.7. The normalized spacial score (nSPS) is 22.4. The fraction of sp³-hybridized carbons (Fsp3) is 0.316. The predicted molar refractivity (Wildman–Crippen MR) is 90.3 cm³/mol. The number of carbonyl (C=O) groups excluding carboxylic acids is 2. The molecule has 1 aromatic heterocycles. The van der Waals surface area contributed by atoms with E-state index in [1.807, 2.05) is 17.0 Å². The lowest BCUT2D eigenvalue weighted by molar-refractivity contribution is -0.135. The highest BCUT2D eigenvalue weighted by molar-refractivity contribution is 6.01. The van der Waals surface area contributed by atoms with Crippen LogP contribution < -0.4 is 5.32 Å². The number of fused-ring (bicyclic) bond motifs is 1. The number of aromatic nitrogens is 1. The predicted octanol–water partition coefficient (Wildman–Crippen LogP) is 3.01. The van der Waals surface area contributed by atoms with Gasteiger partial charge in [0.2, 0.25) is 11.8 Å². The van der Waals surface area contributed by atoms with Crippen LogP contribution in [0.15, 0.2) is 42.7 Å². The largest absolute Gasteiger partial charge is 0.335 e. The lowest BCUT2D eigenvalue weighted by Gasteiger charge is -2.32. The quantitative estimate of drug-likeness (QED) is 0.915. The van der Waals surface area contributed by atoms with E-state index in [4.69, 9.17) is 0 Å². The molecule has 0 bridgehead atoms. The summed E-state index contributed by atoms with van der Waals surface area (Å²) in [7, 11) is 0. The Kier molecular flexibility index (Phi) is 3.95. The third kappa shape index (κ3) is 2.88. The number of benzene rings is 1. The summed E-state index contributed by atoms with van der Waals surface area (Å²) in [4.78, 5) is 31.1. The number of nitrogens with one attached hydrogen (secondary N) is 1. The summed E-state index contributed by atoms with van der Waals surface area (Å²) in [6.45, 7) is 0.667. The zero-order valence-electron chi connectivity index (χ0n) is 13.6. The minimum atomic E-state index is -0.563. The van der Waals surface area contributed by atoms with E-state index in [9.17, 15) is 14.0 Å². The number of pyridine rings is 1. The molecule has 6 heteroatoms. The molecule has 1 fully saturated rings. The van der Waals surface area contributed by atoms with Gasteiger partial charge in [-0.05, 0) is 48.2 Å². The van der Waals surface area contributed by atoms with Crippen LogP contribution in [0.1, 0.15) is 42.3 Å². The molecule has 2 aliphatic heterocycles. The Morgan fingerprint density at radius 3 is 2.84 bits per heavy atom. The highest BCUT2D eigenvalue weighted by atomic mass is 19.1. The van der Waals surface area contributed by atoms with E-state index < -0.39 is 11.7 Å². The monoisotopic (exact) mass is 339 g/mol. The molecule has 0 aliphatic carbocycles. The first-order valence-electron chi connectivity index (χ1n) is 8.43. The number of hydrogen-bond acceptors (Lipinski definition) is 3. The van der Waals surface area contributed by atoms with Gasteiger partial charge in [-0.25, -0.2) is 4.39 Å². The van der Waals surface area contributed by atoms with Gasteiger partial charge >= 0.3 is 0 Å². The van der Waals surface area contributed by atoms with E-state index in [1.54, 1.807) is 18.5 Å². The van der Waals surface area contributed by atoms with Crippen LogP contribution >= 0.6 is 0 Å². The third-order valence-corrected chi connectivity index (χ3v) is 4.98. The molecule has 0 spiro atoms. The molecule has 0 radical (unpaired) electrons. The molecule has 3 heterocycles. The van der Waals surface area contributed by atoms with Gasteiger partial charge < -0.3 is 10.2 Å². The van der Waals surface area contributed by atoms with Gasteiger partial charge in [-0.3, -0.25) is 14.6 Å². The summed E-state index contributed by atoms with van der Waals surface area (Å²) in [5.41, 5.74) is 2.14. The Morgan fingerprint density at radius 1 is 1.24 bits per heavy atom. The minimum absolute atomic E-state index is 0.00406. The molecule has 1 saturated heterocycles. The molecular formula is C19H18FN3O2. The summed E-state index contributed by atoms with van der Waals surface area (Å²) in [5, 5.41) is 2.66. The number of carbonyl (C=O) groups is 2. The van der Waals surface area contributed by atoms with Gasteiger partial charge in [0, 0.05) is 31.0 Å². The highest BCUT2D eigenvalue weighted by Crippen LogP contribution is 2.39. The van der Waals surface area contributed by atoms with Crippen molar-refractivity contribution in [1.82, 2.24) is 9.88 Å². The second kappa shape index (κ2) is 6.27. The van der Waals surface area contributed by atoms with Gasteiger partial charge in [0.25, 0.3) is 0 Å². The van der Waals surface area contributed by atoms with Crippen molar-refractivity contribution in [3.05, 3.63) is 59.7 Å². The molecule has 1 aromatic carbocycles. The van der Waals surface area contributed by atoms with E-state index >= 15 is 0 Å². The minimum Gasteiger partial charge on any atom is -0.335 e. The average Bonchev–Trinajstić information content (AvgIpc) is 3.10. The molecule has 25 heavy (non-hydrogen) atoms. The standard InChI is InChI=1S/C19H18FN3O2/c20-13-3-4-14-15(11-18(24)22-16(14)10-13)19(25)23-9-1-2-17(23)12-5-7-21-8-6-12/h3-8,10,15,17H,1-2,9,11H2,(H,22,24). The molecule has 2 aliphatic rings. The smallest absolute Gasteiger partial charge is 0.231 e. The first-order valence-corrected chi connectivity index (χ1v) is 8.43. The second-order valence-electron chi connectivity index (χ2n) is 6.51. The number of nitrogens with zero attached hydrogens (tertiary/aromatic N) is 2. The van der Waals surface area contributed by atoms with Gasteiger partial charge in [-0.1, -0.05) is 6.07 Å². The van der Waals surface area contributed by atoms with Crippen molar-refractivity contribution in [3.8, 4) is 0 Å². The second-order valence-corrected chi connectivity index (χ2v) is 6.51. The Labute approximate surface area is 144 Å². The zero-order valence-corrected chi connectivity index (χ0v) is 13.6. The molecule has 2 atom stereocenters. The zero-order chi connectivity index (χ0) is 17.4. The van der Waals surface area contributed by atoms with Gasteiger partial charge in [0.05, 0.1) is 12.0 Å². The van der Waals surface area contributed by atoms with E-state index in [0.717, 1.165) is 18.4 Å². The summed E-state index contributed by atoms with van der Waals surface area (Å²) in [5.74, 6) is -1.31. The van der Waals surface area contributed by atoms with Crippen LogP contribution in [0.3, 0.4) is 0 Å². The van der Waals surface area contributed by atoms with E-state index in [0.29, 0.717) is 17.8 Å². The summed E-state index contributed by atoms with van der Waals surface area (Å²) < 4.78 is 13.5. The molecule has 0 saturated carbocycles. The van der Waals surface area contributed by atoms with Crippen LogP contribution in [0.5, 0.6) is 0 Å². The van der Waals surface area contributed by atoms with E-state index in [1.165, 1.54) is 12.1 Å². The van der Waals surface area contributed by atoms with Gasteiger partial charge in [0.1, 0.15) is 5.82 Å². The number of rotatable bonds is 2. The molecule has 2 amide bonds. The van der Waals surface area contributed by atoms with Crippen molar-refractivity contribution in [2.24, 2.45) is 0 Å². The van der Waals surface area contributed by atoms with Crippen LogP contribution in [0, 0.1) is 5.82 Å². The Bertz CT molecular complexity index is 825. The van der Waals surface area contributed by atoms with Gasteiger partial charge in [0.15, 0.2) is 0 Å². The van der Waals surface area contributed by atoms with Crippen LogP contribution in [-0.4, -0.2) is 28.2 Å². The number of amides is 2. The van der Waals surface area contributed by atoms with Crippen LogP contribution in [-0.2, 0) is 9.59 Å². The summed E-state index contributed by atoms with van der Waals surface area (Å²) in [6, 6.07) is 8.06. The number of halogens is 1. The molecule has 2 aromatic rings. The number of hydrogen-bond donors (Lipinski definition) is 1. The lowest BCUT2D eigenvalue weighted by Crippen LogP contribution is -2.38. The van der Waals surface area contributed by atoms with E-state index in [2.05, 4.69) is 10.3 Å². The maximum absolute atomic E-state index is 13.5. The van der Waals surface area contributed by atoms with E-state index in [-0.39, 0.29) is 24.3 Å². The summed E-state index contributed by atoms with van der Waals surface area (Å²) >= 11 is 0. The van der Waals surface area contributed by atoms with Crippen molar-refractivity contribution >= 4 is 17.5 Å². The SMILES string of the molecule is O=C1CC(C(=O)N2CCCC2c2ccncc2)c2ccc(F)cc2N1. The Morgan fingerprint density at radius 2 is 2.04 bits per heavy atom. The van der Waals surface area contributed by atoms with Crippen molar-refractivity contribution < 1.29 is 14.0 Å². The van der Waals surface area contributed by atoms with Crippen LogP contribution in [0.25, 0.3) is 0 Å². The molecule has 5 nitrogen and oxygen atoms in total. The average molecular weight is 339 g/mol. The topological polar surface area (TPSA) is 62.3 Å². The van der Waals surface area contributed by atoms with Gasteiger partial charge in [-0.2, -0.15) is 0 Å². The molecule has 2 unspecified atom stereocenters. The number of likely N-dealkylation sites (tertiary alicyclic amines) is 1. The maximum atomic E-state index is 13.5. The fourth-order valence-electron chi connectivity index (χ4n) is 3.82.